The van der Waals surface area contributed by atoms with Crippen LogP contribution < -0.4 is 4.74 Å². The van der Waals surface area contributed by atoms with Crippen LogP contribution in [0.15, 0.2) is 88.2 Å². The van der Waals surface area contributed by atoms with Gasteiger partial charge < -0.3 is 9.15 Å². The van der Waals surface area contributed by atoms with E-state index in [2.05, 4.69) is 0 Å². The average molecular weight is 406 g/mol. The molecule has 1 aromatic heterocycles. The summed E-state index contributed by atoms with van der Waals surface area (Å²) in [5.41, 5.74) is 1.23. The molecule has 5 nitrogen and oxygen atoms in total. The van der Waals surface area contributed by atoms with Crippen molar-refractivity contribution in [3.63, 3.8) is 0 Å². The highest BCUT2D eigenvalue weighted by Gasteiger charge is 2.26. The van der Waals surface area contributed by atoms with E-state index >= 15 is 0 Å². The van der Waals surface area contributed by atoms with E-state index in [9.17, 15) is 13.2 Å². The summed E-state index contributed by atoms with van der Waals surface area (Å²) in [4.78, 5) is 13.3. The molecule has 0 aliphatic heterocycles. The van der Waals surface area contributed by atoms with E-state index in [1.54, 1.807) is 60.7 Å². The van der Waals surface area contributed by atoms with E-state index in [-0.39, 0.29) is 22.0 Å². The highest BCUT2D eigenvalue weighted by Crippen LogP contribution is 2.31. The van der Waals surface area contributed by atoms with E-state index in [4.69, 9.17) is 9.15 Å². The lowest BCUT2D eigenvalue weighted by Crippen LogP contribution is -2.09. The third-order valence-corrected chi connectivity index (χ3v) is 6.30. The van der Waals surface area contributed by atoms with Crippen LogP contribution in [0.25, 0.3) is 11.0 Å². The number of fused-ring (bicyclic) bond motifs is 1. The zero-order valence-corrected chi connectivity index (χ0v) is 16.5. The monoisotopic (exact) mass is 406 g/mol. The first-order valence-electron chi connectivity index (χ1n) is 8.96. The van der Waals surface area contributed by atoms with Gasteiger partial charge in [0.2, 0.25) is 0 Å². The lowest BCUT2D eigenvalue weighted by molar-refractivity contribution is 0.103. The molecule has 0 bridgehead atoms. The van der Waals surface area contributed by atoms with Crippen LogP contribution in [0.5, 0.6) is 5.75 Å². The first kappa shape index (κ1) is 19.0. The van der Waals surface area contributed by atoms with Crippen molar-refractivity contribution in [2.75, 3.05) is 7.11 Å². The minimum absolute atomic E-state index is 0.135. The number of ether oxygens (including phenoxy) is 1. The van der Waals surface area contributed by atoms with Crippen LogP contribution in [-0.2, 0) is 15.6 Å². The Hall–Kier alpha value is -3.38. The number of benzene rings is 3. The molecule has 0 amide bonds. The summed E-state index contributed by atoms with van der Waals surface area (Å²) in [6.45, 7) is 0. The van der Waals surface area contributed by atoms with Gasteiger partial charge >= 0.3 is 0 Å². The summed E-state index contributed by atoms with van der Waals surface area (Å²) in [7, 11) is -2.21. The predicted octanol–water partition coefficient (Wildman–Crippen LogP) is 4.65. The molecule has 0 saturated carbocycles. The summed E-state index contributed by atoms with van der Waals surface area (Å²) in [5, 5.41) is 0.598. The van der Waals surface area contributed by atoms with Gasteiger partial charge in [0, 0.05) is 10.9 Å². The van der Waals surface area contributed by atoms with Crippen molar-refractivity contribution in [2.24, 2.45) is 0 Å². The Morgan fingerprint density at radius 2 is 1.55 bits per heavy atom. The van der Waals surface area contributed by atoms with E-state index in [0.29, 0.717) is 22.3 Å². The van der Waals surface area contributed by atoms with Crippen LogP contribution in [0, 0.1) is 0 Å². The van der Waals surface area contributed by atoms with E-state index in [1.807, 2.05) is 6.07 Å². The van der Waals surface area contributed by atoms with Gasteiger partial charge in [0.15, 0.2) is 15.6 Å². The number of ketones is 1. The molecular formula is C23H18O5S. The molecule has 6 heteroatoms. The average Bonchev–Trinajstić information content (AvgIpc) is 3.11. The van der Waals surface area contributed by atoms with Crippen LogP contribution in [0.3, 0.4) is 0 Å². The van der Waals surface area contributed by atoms with Gasteiger partial charge in [-0.25, -0.2) is 8.42 Å². The van der Waals surface area contributed by atoms with Crippen molar-refractivity contribution in [1.29, 1.82) is 0 Å². The van der Waals surface area contributed by atoms with Crippen molar-refractivity contribution in [3.05, 3.63) is 95.7 Å². The summed E-state index contributed by atoms with van der Waals surface area (Å²) in [5.74, 6) is 0.0148. The van der Waals surface area contributed by atoms with Gasteiger partial charge in [-0.1, -0.05) is 48.5 Å². The van der Waals surface area contributed by atoms with E-state index < -0.39 is 15.6 Å². The number of furan rings is 1. The molecule has 1 heterocycles. The number of methoxy groups -OCH3 is 1. The Morgan fingerprint density at radius 3 is 2.24 bits per heavy atom. The normalized spacial score (nSPS) is 11.5. The number of carbonyl (C=O) groups is 1. The molecule has 0 fully saturated rings. The Labute approximate surface area is 168 Å². The maximum Gasteiger partial charge on any atom is 0.197 e. The molecular weight excluding hydrogens is 388 g/mol. The van der Waals surface area contributed by atoms with Crippen LogP contribution in [0.2, 0.25) is 0 Å². The highest BCUT2D eigenvalue weighted by molar-refractivity contribution is 7.90. The van der Waals surface area contributed by atoms with Gasteiger partial charge in [-0.05, 0) is 30.3 Å². The molecule has 29 heavy (non-hydrogen) atoms. The quantitative estimate of drug-likeness (QED) is 0.436. The molecule has 0 saturated heterocycles. The summed E-state index contributed by atoms with van der Waals surface area (Å²) in [6, 6.07) is 21.9. The second-order valence-corrected chi connectivity index (χ2v) is 8.52. The van der Waals surface area contributed by atoms with Crippen molar-refractivity contribution < 1.29 is 22.4 Å². The summed E-state index contributed by atoms with van der Waals surface area (Å²) >= 11 is 0. The number of sulfone groups is 1. The molecule has 0 spiro atoms. The fourth-order valence-electron chi connectivity index (χ4n) is 3.22. The summed E-state index contributed by atoms with van der Waals surface area (Å²) in [6.07, 6.45) is 0. The highest BCUT2D eigenvalue weighted by atomic mass is 32.2. The van der Waals surface area contributed by atoms with Gasteiger partial charge in [0.1, 0.15) is 22.8 Å². The SMILES string of the molecule is COc1ccc(S(=O)(=O)Cc2oc3ccccc3c2C(=O)c2ccccc2)cc1. The molecule has 0 radical (unpaired) electrons. The number of carbonyl (C=O) groups excluding carboxylic acids is 1. The number of para-hydroxylation sites is 1. The standard InChI is InChI=1S/C23H18O5S/c1-27-17-11-13-18(14-12-17)29(25,26)15-21-22(19-9-5-6-10-20(19)28-21)23(24)16-7-3-2-4-8-16/h2-14H,15H2,1H3. The van der Waals surface area contributed by atoms with Gasteiger partial charge in [0.05, 0.1) is 17.6 Å². The second-order valence-electron chi connectivity index (χ2n) is 6.53. The molecule has 0 aliphatic rings. The molecule has 4 aromatic rings. The fraction of sp³-hybridized carbons (Fsp3) is 0.0870. The first-order chi connectivity index (χ1) is 14.0. The Bertz CT molecular complexity index is 1270. The molecule has 4 rings (SSSR count). The summed E-state index contributed by atoms with van der Waals surface area (Å²) < 4.78 is 36.9. The van der Waals surface area contributed by atoms with Gasteiger partial charge in [-0.2, -0.15) is 0 Å². The van der Waals surface area contributed by atoms with Crippen molar-refractivity contribution in [2.45, 2.75) is 10.6 Å². The maximum absolute atomic E-state index is 13.2. The lowest BCUT2D eigenvalue weighted by Gasteiger charge is -2.06. The zero-order chi connectivity index (χ0) is 20.4. The Kier molecular flexibility index (Phi) is 4.94. The molecule has 146 valence electrons. The number of rotatable bonds is 6. The smallest absolute Gasteiger partial charge is 0.197 e. The van der Waals surface area contributed by atoms with Crippen LogP contribution in [-0.4, -0.2) is 21.3 Å². The van der Waals surface area contributed by atoms with E-state index in [0.717, 1.165) is 0 Å². The van der Waals surface area contributed by atoms with Gasteiger partial charge in [-0.3, -0.25) is 4.79 Å². The minimum Gasteiger partial charge on any atom is -0.497 e. The van der Waals surface area contributed by atoms with Crippen LogP contribution in [0.4, 0.5) is 0 Å². The second kappa shape index (κ2) is 7.56. The largest absolute Gasteiger partial charge is 0.497 e. The molecule has 0 aliphatic carbocycles. The van der Waals surface area contributed by atoms with Crippen molar-refractivity contribution >= 4 is 26.6 Å². The van der Waals surface area contributed by atoms with Gasteiger partial charge in [0.25, 0.3) is 0 Å². The van der Waals surface area contributed by atoms with Crippen LogP contribution in [0.1, 0.15) is 21.7 Å². The minimum atomic E-state index is -3.73. The topological polar surface area (TPSA) is 73.6 Å². The van der Waals surface area contributed by atoms with E-state index in [1.165, 1.54) is 19.2 Å². The molecule has 3 aromatic carbocycles. The van der Waals surface area contributed by atoms with Gasteiger partial charge in [-0.15, -0.1) is 0 Å². The third kappa shape index (κ3) is 3.67. The first-order valence-corrected chi connectivity index (χ1v) is 10.6. The molecule has 0 unspecified atom stereocenters. The Balaban J connectivity index is 1.80. The number of hydrogen-bond acceptors (Lipinski definition) is 5. The third-order valence-electron chi connectivity index (χ3n) is 4.67. The molecule has 0 atom stereocenters. The maximum atomic E-state index is 13.2. The van der Waals surface area contributed by atoms with Crippen molar-refractivity contribution in [3.8, 4) is 5.75 Å². The molecule has 0 N–H and O–H groups in total. The zero-order valence-electron chi connectivity index (χ0n) is 15.7. The lowest BCUT2D eigenvalue weighted by atomic mass is 10.0. The number of hydrogen-bond donors (Lipinski definition) is 0. The predicted molar refractivity (Wildman–Crippen MR) is 110 cm³/mol. The van der Waals surface area contributed by atoms with Crippen LogP contribution >= 0.6 is 0 Å². The fourth-order valence-corrected chi connectivity index (χ4v) is 4.49. The van der Waals surface area contributed by atoms with Crippen molar-refractivity contribution in [1.82, 2.24) is 0 Å². The Morgan fingerprint density at radius 1 is 0.897 bits per heavy atom.